The Labute approximate surface area is 225 Å². The summed E-state index contributed by atoms with van der Waals surface area (Å²) in [6.45, 7) is 8.64. The van der Waals surface area contributed by atoms with Crippen LogP contribution >= 0.6 is 0 Å². The molecule has 38 heavy (non-hydrogen) atoms. The van der Waals surface area contributed by atoms with E-state index in [-0.39, 0.29) is 17.3 Å². The zero-order valence-corrected chi connectivity index (χ0v) is 23.4. The summed E-state index contributed by atoms with van der Waals surface area (Å²) in [5.41, 5.74) is 2.34. The highest BCUT2D eigenvalue weighted by atomic mass is 32.2. The van der Waals surface area contributed by atoms with Crippen molar-refractivity contribution in [2.24, 2.45) is 0 Å². The third-order valence-corrected chi connectivity index (χ3v) is 7.02. The Bertz CT molecular complexity index is 1380. The third-order valence-electron chi connectivity index (χ3n) is 6.31. The maximum atomic E-state index is 14.0. The predicted octanol–water partition coefficient (Wildman–Crippen LogP) is 3.89. The van der Waals surface area contributed by atoms with Gasteiger partial charge in [-0.2, -0.15) is 9.97 Å². The van der Waals surface area contributed by atoms with Crippen molar-refractivity contribution in [1.82, 2.24) is 14.5 Å². The van der Waals surface area contributed by atoms with Crippen molar-refractivity contribution in [2.75, 3.05) is 35.8 Å². The Balaban J connectivity index is 1.83. The minimum absolute atomic E-state index is 0.0921. The normalized spacial score (nSPS) is 14.5. The molecule has 1 N–H and O–H groups in total. The molecular formula is C27H35N5O5S. The van der Waals surface area contributed by atoms with Crippen LogP contribution in [0.25, 0.3) is 11.0 Å². The molecule has 0 radical (unpaired) electrons. The molecule has 1 amide bonds. The number of anilines is 3. The number of ether oxygens (including phenoxy) is 1. The summed E-state index contributed by atoms with van der Waals surface area (Å²) < 4.78 is 19.3. The number of para-hydroxylation sites is 1. The molecule has 10 nitrogen and oxygen atoms in total. The standard InChI is InChI=1S/C27H35N5O5S/c1-18-10-9-11-20-22(18)31(26(35)37-27(2,3)4)14-13-30(20)21-16-19-17-28-25(38(5)36)29-23(19)32(24(21)34)12-7-6-8-15-33/h9-11,16-17,33H,6-8,12-15H2,1-5H3. The number of benzene rings is 1. The highest BCUT2D eigenvalue weighted by molar-refractivity contribution is 7.90. The molecule has 1 atom stereocenters. The number of rotatable bonds is 7. The van der Waals surface area contributed by atoms with Crippen molar-refractivity contribution >= 4 is 45.4 Å². The summed E-state index contributed by atoms with van der Waals surface area (Å²) in [7, 11) is 0. The molecule has 1 aromatic carbocycles. The molecule has 4 rings (SSSR count). The summed E-state index contributed by atoms with van der Waals surface area (Å²) in [6, 6.07) is 7.49. The van der Waals surface area contributed by atoms with Crippen molar-refractivity contribution in [2.45, 2.75) is 64.3 Å². The molecule has 1 aliphatic heterocycles. The van der Waals surface area contributed by atoms with Gasteiger partial charge in [-0.1, -0.05) is 12.1 Å². The van der Waals surface area contributed by atoms with Crippen LogP contribution in [-0.2, 0) is 22.5 Å². The minimum atomic E-state index is -1.40. The lowest BCUT2D eigenvalue weighted by atomic mass is 10.1. The number of pyridine rings is 1. The smallest absolute Gasteiger partial charge is 0.414 e. The van der Waals surface area contributed by atoms with Crippen molar-refractivity contribution in [1.29, 1.82) is 0 Å². The second kappa shape index (κ2) is 11.3. The van der Waals surface area contributed by atoms with Crippen molar-refractivity contribution < 1.29 is 19.2 Å². The number of aliphatic hydroxyl groups is 1. The average Bonchev–Trinajstić information content (AvgIpc) is 2.85. The van der Waals surface area contributed by atoms with Crippen LogP contribution in [0.5, 0.6) is 0 Å². The molecule has 0 saturated carbocycles. The van der Waals surface area contributed by atoms with Gasteiger partial charge in [-0.25, -0.2) is 4.79 Å². The molecule has 3 aromatic rings. The number of fused-ring (bicyclic) bond motifs is 2. The quantitative estimate of drug-likeness (QED) is 0.271. The van der Waals surface area contributed by atoms with E-state index >= 15 is 0 Å². The van der Waals surface area contributed by atoms with E-state index in [9.17, 15) is 19.2 Å². The van der Waals surface area contributed by atoms with Crippen LogP contribution in [0.1, 0.15) is 45.6 Å². The van der Waals surface area contributed by atoms with E-state index in [1.165, 1.54) is 6.26 Å². The van der Waals surface area contributed by atoms with Gasteiger partial charge in [-0.05, 0) is 64.7 Å². The molecule has 3 heterocycles. The summed E-state index contributed by atoms with van der Waals surface area (Å²) in [6.07, 6.45) is 4.74. The van der Waals surface area contributed by atoms with Crippen LogP contribution < -0.4 is 15.4 Å². The van der Waals surface area contributed by atoms with Crippen LogP contribution in [0.2, 0.25) is 0 Å². The fraction of sp³-hybridized carbons (Fsp3) is 0.481. The van der Waals surface area contributed by atoms with Gasteiger partial charge < -0.3 is 19.3 Å². The first-order chi connectivity index (χ1) is 18.0. The van der Waals surface area contributed by atoms with Gasteiger partial charge >= 0.3 is 11.2 Å². The van der Waals surface area contributed by atoms with Gasteiger partial charge in [0.25, 0.3) is 5.56 Å². The molecule has 0 aliphatic carbocycles. The van der Waals surface area contributed by atoms with E-state index in [1.54, 1.807) is 21.7 Å². The maximum absolute atomic E-state index is 14.0. The number of amides is 1. The average molecular weight is 542 g/mol. The zero-order valence-electron chi connectivity index (χ0n) is 22.6. The van der Waals surface area contributed by atoms with E-state index in [0.717, 1.165) is 17.7 Å². The Hall–Kier alpha value is -3.15. The first kappa shape index (κ1) is 27.9. The SMILES string of the molecule is Cc1cccc2c1N(C(=O)OC(C)(C)C)CCN2c1cc2cnc([S+](C)[O-])nc2n(CCCCCO)c1=O. The van der Waals surface area contributed by atoms with Crippen LogP contribution in [0.4, 0.5) is 21.9 Å². The van der Waals surface area contributed by atoms with Crippen molar-refractivity contribution in [3.8, 4) is 0 Å². The molecule has 1 unspecified atom stereocenters. The number of nitrogens with zero attached hydrogens (tertiary/aromatic N) is 5. The van der Waals surface area contributed by atoms with Gasteiger partial charge in [0.05, 0.1) is 11.4 Å². The lowest BCUT2D eigenvalue weighted by Crippen LogP contribution is -2.46. The number of aromatic nitrogens is 3. The van der Waals surface area contributed by atoms with Crippen LogP contribution in [0.15, 0.2) is 40.4 Å². The van der Waals surface area contributed by atoms with Gasteiger partial charge in [0.2, 0.25) is 0 Å². The van der Waals surface area contributed by atoms with Gasteiger partial charge in [-0.15, -0.1) is 0 Å². The van der Waals surface area contributed by atoms with Gasteiger partial charge in [-0.3, -0.25) is 14.3 Å². The lowest BCUT2D eigenvalue weighted by Gasteiger charge is -2.39. The third kappa shape index (κ3) is 5.79. The van der Waals surface area contributed by atoms with Gasteiger partial charge in [0, 0.05) is 49.0 Å². The fourth-order valence-electron chi connectivity index (χ4n) is 4.62. The monoisotopic (exact) mass is 541 g/mol. The summed E-state index contributed by atoms with van der Waals surface area (Å²) in [5.74, 6) is 0. The highest BCUT2D eigenvalue weighted by Gasteiger charge is 2.33. The van der Waals surface area contributed by atoms with Crippen molar-refractivity contribution in [3.05, 3.63) is 46.4 Å². The summed E-state index contributed by atoms with van der Waals surface area (Å²) >= 11 is -1.40. The lowest BCUT2D eigenvalue weighted by molar-refractivity contribution is 0.0580. The topological polar surface area (TPSA) is 124 Å². The summed E-state index contributed by atoms with van der Waals surface area (Å²) in [4.78, 5) is 39.3. The Kier molecular flexibility index (Phi) is 8.29. The molecule has 0 saturated heterocycles. The molecule has 11 heteroatoms. The Morgan fingerprint density at radius 2 is 1.95 bits per heavy atom. The zero-order chi connectivity index (χ0) is 27.6. The Morgan fingerprint density at radius 3 is 2.63 bits per heavy atom. The van der Waals surface area contributed by atoms with E-state index in [4.69, 9.17) is 4.74 Å². The predicted molar refractivity (Wildman–Crippen MR) is 149 cm³/mol. The van der Waals surface area contributed by atoms with Crippen molar-refractivity contribution in [3.63, 3.8) is 0 Å². The molecule has 0 bridgehead atoms. The highest BCUT2D eigenvalue weighted by Crippen LogP contribution is 2.40. The molecular weight excluding hydrogens is 506 g/mol. The fourth-order valence-corrected chi connectivity index (χ4v) is 5.04. The number of unbranched alkanes of at least 4 members (excludes halogenated alkanes) is 2. The van der Waals surface area contributed by atoms with E-state index in [2.05, 4.69) is 9.97 Å². The minimum Gasteiger partial charge on any atom is -0.609 e. The number of aliphatic hydroxyl groups excluding tert-OH is 1. The number of hydrogen-bond acceptors (Lipinski definition) is 8. The molecule has 0 spiro atoms. The maximum Gasteiger partial charge on any atom is 0.414 e. The summed E-state index contributed by atoms with van der Waals surface area (Å²) in [5, 5.41) is 9.99. The van der Waals surface area contributed by atoms with Crippen LogP contribution in [0, 0.1) is 6.92 Å². The second-order valence-electron chi connectivity index (χ2n) is 10.4. The first-order valence-electron chi connectivity index (χ1n) is 12.7. The molecule has 2 aromatic heterocycles. The number of carbonyl (C=O) groups excluding carboxylic acids is 1. The molecule has 0 fully saturated rings. The van der Waals surface area contributed by atoms with Crippen LogP contribution in [0.3, 0.4) is 0 Å². The second-order valence-corrected chi connectivity index (χ2v) is 11.7. The van der Waals surface area contributed by atoms with E-state index in [1.807, 2.05) is 50.8 Å². The number of aryl methyl sites for hydroxylation is 2. The van der Waals surface area contributed by atoms with E-state index in [0.29, 0.717) is 54.9 Å². The van der Waals surface area contributed by atoms with Gasteiger partial charge in [0.1, 0.15) is 17.5 Å². The first-order valence-corrected chi connectivity index (χ1v) is 14.3. The molecule has 1 aliphatic rings. The van der Waals surface area contributed by atoms with Crippen LogP contribution in [-0.4, -0.2) is 61.8 Å². The number of hydrogen-bond donors (Lipinski definition) is 1. The van der Waals surface area contributed by atoms with Gasteiger partial charge in [0.15, 0.2) is 5.65 Å². The number of carbonyl (C=O) groups is 1. The Morgan fingerprint density at radius 1 is 1.18 bits per heavy atom. The molecule has 204 valence electrons. The van der Waals surface area contributed by atoms with E-state index < -0.39 is 22.9 Å². The largest absolute Gasteiger partial charge is 0.609 e.